The van der Waals surface area contributed by atoms with Gasteiger partial charge in [0.25, 0.3) is 5.91 Å². The molecule has 3 rings (SSSR count). The van der Waals surface area contributed by atoms with Crippen LogP contribution in [0.5, 0.6) is 0 Å². The maximum atomic E-state index is 12.3. The van der Waals surface area contributed by atoms with Gasteiger partial charge in [-0.1, -0.05) is 11.6 Å². The summed E-state index contributed by atoms with van der Waals surface area (Å²) in [5, 5.41) is 4.88. The lowest BCUT2D eigenvalue weighted by Gasteiger charge is -2.09. The molecular weight excluding hydrogens is 384 g/mol. The monoisotopic (exact) mass is 398 g/mol. The van der Waals surface area contributed by atoms with E-state index in [0.717, 1.165) is 0 Å². The van der Waals surface area contributed by atoms with Crippen molar-refractivity contribution in [3.8, 4) is 0 Å². The molecule has 0 saturated heterocycles. The number of carbonyl (C=O) groups is 3. The maximum absolute atomic E-state index is 12.3. The molecule has 3 aromatic rings. The minimum absolute atomic E-state index is 0.112. The zero-order chi connectivity index (χ0) is 20.1. The van der Waals surface area contributed by atoms with Crippen molar-refractivity contribution >= 4 is 46.2 Å². The Bertz CT molecular complexity index is 1070. The normalized spacial score (nSPS) is 10.4. The number of amides is 3. The fraction of sp³-hybridized carbons (Fsp3) is 0.105. The Balaban J connectivity index is 1.70. The predicted octanol–water partition coefficient (Wildman–Crippen LogP) is 3.42. The summed E-state index contributed by atoms with van der Waals surface area (Å²) in [7, 11) is 0. The number of imide groups is 1. The average Bonchev–Trinajstić information content (AvgIpc) is 2.69. The van der Waals surface area contributed by atoms with Crippen LogP contribution in [0.15, 0.2) is 48.8 Å². The zero-order valence-corrected chi connectivity index (χ0v) is 15.5. The number of nitrogens with one attached hydrogen (secondary N) is 2. The summed E-state index contributed by atoms with van der Waals surface area (Å²) in [4.78, 5) is 44.5. The van der Waals surface area contributed by atoms with E-state index in [-0.39, 0.29) is 28.4 Å². The molecule has 9 heteroatoms. The predicted molar refractivity (Wildman–Crippen MR) is 103 cm³/mol. The molecular formula is C19H15ClN4O4. The van der Waals surface area contributed by atoms with E-state index in [1.54, 1.807) is 25.3 Å². The highest BCUT2D eigenvalue weighted by Crippen LogP contribution is 2.21. The summed E-state index contributed by atoms with van der Waals surface area (Å²) in [6, 6.07) is 8.28. The molecule has 2 aromatic carbocycles. The topological polar surface area (TPSA) is 110 Å². The number of nitrogens with zero attached hydrogens (tertiary/aromatic N) is 2. The first-order valence-electron chi connectivity index (χ1n) is 8.27. The van der Waals surface area contributed by atoms with Crippen LogP contribution in [-0.4, -0.2) is 34.5 Å². The SMILES string of the molecule is CCOC(=O)c1cc(NC(=O)NC(=O)c2ccc3nccnc3c2)ccc1Cl. The van der Waals surface area contributed by atoms with E-state index in [1.807, 2.05) is 0 Å². The van der Waals surface area contributed by atoms with Crippen molar-refractivity contribution in [2.24, 2.45) is 0 Å². The van der Waals surface area contributed by atoms with E-state index in [0.29, 0.717) is 11.0 Å². The number of urea groups is 1. The number of aromatic nitrogens is 2. The highest BCUT2D eigenvalue weighted by Gasteiger charge is 2.15. The highest BCUT2D eigenvalue weighted by molar-refractivity contribution is 6.33. The van der Waals surface area contributed by atoms with Gasteiger partial charge in [0.2, 0.25) is 0 Å². The van der Waals surface area contributed by atoms with Gasteiger partial charge in [0.05, 0.1) is 28.2 Å². The molecule has 0 saturated carbocycles. The lowest BCUT2D eigenvalue weighted by molar-refractivity contribution is 0.0526. The smallest absolute Gasteiger partial charge is 0.339 e. The van der Waals surface area contributed by atoms with Crippen LogP contribution >= 0.6 is 11.6 Å². The molecule has 0 aliphatic heterocycles. The van der Waals surface area contributed by atoms with Crippen molar-refractivity contribution in [1.82, 2.24) is 15.3 Å². The molecule has 0 spiro atoms. The van der Waals surface area contributed by atoms with Gasteiger partial charge in [0.15, 0.2) is 0 Å². The number of rotatable bonds is 4. The molecule has 2 N–H and O–H groups in total. The number of fused-ring (bicyclic) bond motifs is 1. The third kappa shape index (κ3) is 4.41. The summed E-state index contributed by atoms with van der Waals surface area (Å²) < 4.78 is 4.91. The summed E-state index contributed by atoms with van der Waals surface area (Å²) in [6.07, 6.45) is 3.06. The molecule has 0 bridgehead atoms. The largest absolute Gasteiger partial charge is 0.462 e. The van der Waals surface area contributed by atoms with E-state index in [4.69, 9.17) is 16.3 Å². The standard InChI is InChI=1S/C19H15ClN4O4/c1-2-28-18(26)13-10-12(4-5-14(13)20)23-19(27)24-17(25)11-3-6-15-16(9-11)22-8-7-21-15/h3-10H,2H2,1H3,(H2,23,24,25,27). The molecule has 0 atom stereocenters. The number of anilines is 1. The Kier molecular flexibility index (Phi) is 5.81. The molecule has 3 amide bonds. The molecule has 0 unspecified atom stereocenters. The second-order valence-electron chi connectivity index (χ2n) is 5.58. The molecule has 1 heterocycles. The molecule has 1 aromatic heterocycles. The van der Waals surface area contributed by atoms with Gasteiger partial charge in [-0.2, -0.15) is 0 Å². The second kappa shape index (κ2) is 8.45. The minimum atomic E-state index is -0.763. The van der Waals surface area contributed by atoms with Gasteiger partial charge in [-0.3, -0.25) is 20.1 Å². The Labute approximate surface area is 164 Å². The van der Waals surface area contributed by atoms with Crippen LogP contribution < -0.4 is 10.6 Å². The fourth-order valence-electron chi connectivity index (χ4n) is 2.41. The van der Waals surface area contributed by atoms with Gasteiger partial charge in [-0.15, -0.1) is 0 Å². The summed E-state index contributed by atoms with van der Waals surface area (Å²) in [5.41, 5.74) is 1.82. The number of benzene rings is 2. The number of halogens is 1. The van der Waals surface area contributed by atoms with Crippen molar-refractivity contribution in [3.05, 3.63) is 64.9 Å². The van der Waals surface area contributed by atoms with Gasteiger partial charge in [0.1, 0.15) is 0 Å². The van der Waals surface area contributed by atoms with Gasteiger partial charge in [-0.25, -0.2) is 9.59 Å². The van der Waals surface area contributed by atoms with Crippen LogP contribution in [0.25, 0.3) is 11.0 Å². The van der Waals surface area contributed by atoms with E-state index in [1.165, 1.54) is 30.5 Å². The number of hydrogen-bond acceptors (Lipinski definition) is 6. The molecule has 8 nitrogen and oxygen atoms in total. The summed E-state index contributed by atoms with van der Waals surface area (Å²) in [5.74, 6) is -1.21. The molecule has 0 aliphatic rings. The van der Waals surface area contributed by atoms with Gasteiger partial charge in [-0.05, 0) is 43.3 Å². The van der Waals surface area contributed by atoms with Crippen molar-refractivity contribution in [3.63, 3.8) is 0 Å². The molecule has 142 valence electrons. The second-order valence-corrected chi connectivity index (χ2v) is 5.99. The number of hydrogen-bond donors (Lipinski definition) is 2. The van der Waals surface area contributed by atoms with Crippen LogP contribution in [0.2, 0.25) is 5.02 Å². The van der Waals surface area contributed by atoms with E-state index in [2.05, 4.69) is 20.6 Å². The first-order chi connectivity index (χ1) is 13.5. The van der Waals surface area contributed by atoms with Gasteiger partial charge < -0.3 is 10.1 Å². The number of esters is 1. The van der Waals surface area contributed by atoms with E-state index in [9.17, 15) is 14.4 Å². The van der Waals surface area contributed by atoms with Gasteiger partial charge in [0, 0.05) is 23.6 Å². The lowest BCUT2D eigenvalue weighted by Crippen LogP contribution is -2.34. The number of ether oxygens (including phenoxy) is 1. The third-order valence-electron chi connectivity index (χ3n) is 3.68. The summed E-state index contributed by atoms with van der Waals surface area (Å²) >= 11 is 5.98. The Hall–Kier alpha value is -3.52. The van der Waals surface area contributed by atoms with Crippen LogP contribution in [-0.2, 0) is 4.74 Å². The van der Waals surface area contributed by atoms with E-state index < -0.39 is 17.9 Å². The van der Waals surface area contributed by atoms with Crippen molar-refractivity contribution in [2.45, 2.75) is 6.92 Å². The third-order valence-corrected chi connectivity index (χ3v) is 4.01. The first-order valence-corrected chi connectivity index (χ1v) is 8.65. The Morgan fingerprint density at radius 3 is 2.54 bits per heavy atom. The Morgan fingerprint density at radius 1 is 1.04 bits per heavy atom. The zero-order valence-electron chi connectivity index (χ0n) is 14.7. The van der Waals surface area contributed by atoms with Crippen LogP contribution in [0.3, 0.4) is 0 Å². The van der Waals surface area contributed by atoms with E-state index >= 15 is 0 Å². The van der Waals surface area contributed by atoms with Crippen molar-refractivity contribution in [2.75, 3.05) is 11.9 Å². The number of carbonyl (C=O) groups excluding carboxylic acids is 3. The van der Waals surface area contributed by atoms with Crippen LogP contribution in [0.1, 0.15) is 27.6 Å². The minimum Gasteiger partial charge on any atom is -0.462 e. The molecule has 28 heavy (non-hydrogen) atoms. The molecule has 0 radical (unpaired) electrons. The van der Waals surface area contributed by atoms with Crippen molar-refractivity contribution in [1.29, 1.82) is 0 Å². The Morgan fingerprint density at radius 2 is 1.79 bits per heavy atom. The first kappa shape index (κ1) is 19.2. The maximum Gasteiger partial charge on any atom is 0.339 e. The summed E-state index contributed by atoms with van der Waals surface area (Å²) in [6.45, 7) is 1.86. The van der Waals surface area contributed by atoms with Crippen molar-refractivity contribution < 1.29 is 19.1 Å². The van der Waals surface area contributed by atoms with Crippen LogP contribution in [0.4, 0.5) is 10.5 Å². The fourth-order valence-corrected chi connectivity index (χ4v) is 2.61. The highest BCUT2D eigenvalue weighted by atomic mass is 35.5. The molecule has 0 aliphatic carbocycles. The van der Waals surface area contributed by atoms with Crippen LogP contribution in [0, 0.1) is 0 Å². The molecule has 0 fully saturated rings. The quantitative estimate of drug-likeness (QED) is 0.651. The van der Waals surface area contributed by atoms with Gasteiger partial charge >= 0.3 is 12.0 Å². The lowest BCUT2D eigenvalue weighted by atomic mass is 10.2. The average molecular weight is 399 g/mol.